The summed E-state index contributed by atoms with van der Waals surface area (Å²) < 4.78 is 7.33. The SMILES string of the molecule is Cc1ccc(-c2nn(-c3ccccc3)cc2C(=O)NCC(c2ccco2)N(C)C)c(C)c1. The van der Waals surface area contributed by atoms with Crippen molar-refractivity contribution in [2.75, 3.05) is 20.6 Å². The summed E-state index contributed by atoms with van der Waals surface area (Å²) in [6.45, 7) is 4.52. The topological polar surface area (TPSA) is 63.3 Å². The van der Waals surface area contributed by atoms with E-state index in [4.69, 9.17) is 9.52 Å². The zero-order valence-electron chi connectivity index (χ0n) is 18.9. The van der Waals surface area contributed by atoms with Gasteiger partial charge in [-0.2, -0.15) is 5.10 Å². The number of nitrogens with zero attached hydrogens (tertiary/aromatic N) is 3. The maximum atomic E-state index is 13.3. The molecular formula is C26H28N4O2. The second kappa shape index (κ2) is 9.24. The van der Waals surface area contributed by atoms with E-state index in [1.807, 2.05) is 80.5 Å². The van der Waals surface area contributed by atoms with E-state index < -0.39 is 0 Å². The number of aromatic nitrogens is 2. The average molecular weight is 429 g/mol. The molecule has 0 aliphatic heterocycles. The van der Waals surface area contributed by atoms with E-state index in [1.165, 1.54) is 5.56 Å². The molecular weight excluding hydrogens is 400 g/mol. The van der Waals surface area contributed by atoms with Crippen molar-refractivity contribution in [1.29, 1.82) is 0 Å². The Labute approximate surface area is 188 Å². The van der Waals surface area contributed by atoms with Gasteiger partial charge in [0.2, 0.25) is 0 Å². The maximum absolute atomic E-state index is 13.3. The summed E-state index contributed by atoms with van der Waals surface area (Å²) >= 11 is 0. The molecule has 0 saturated heterocycles. The fourth-order valence-corrected chi connectivity index (χ4v) is 3.83. The molecule has 0 aliphatic rings. The number of benzene rings is 2. The van der Waals surface area contributed by atoms with Gasteiger partial charge in [0.15, 0.2) is 0 Å². The summed E-state index contributed by atoms with van der Waals surface area (Å²) in [5, 5.41) is 7.88. The lowest BCUT2D eigenvalue weighted by atomic mass is 10.0. The van der Waals surface area contributed by atoms with E-state index in [0.717, 1.165) is 22.6 Å². The quantitative estimate of drug-likeness (QED) is 0.460. The molecule has 1 atom stereocenters. The molecule has 2 heterocycles. The molecule has 164 valence electrons. The van der Waals surface area contributed by atoms with Crippen LogP contribution in [0, 0.1) is 13.8 Å². The zero-order valence-corrected chi connectivity index (χ0v) is 18.9. The van der Waals surface area contributed by atoms with Gasteiger partial charge in [-0.15, -0.1) is 0 Å². The first-order valence-electron chi connectivity index (χ1n) is 10.6. The van der Waals surface area contributed by atoms with Gasteiger partial charge in [-0.1, -0.05) is 42.0 Å². The van der Waals surface area contributed by atoms with Crippen LogP contribution >= 0.6 is 0 Å². The molecule has 0 aliphatic carbocycles. The minimum Gasteiger partial charge on any atom is -0.468 e. The molecule has 2 aromatic heterocycles. The molecule has 0 saturated carbocycles. The Morgan fingerprint density at radius 1 is 1.09 bits per heavy atom. The van der Waals surface area contributed by atoms with Crippen LogP contribution in [0.25, 0.3) is 16.9 Å². The fraction of sp³-hybridized carbons (Fsp3) is 0.231. The van der Waals surface area contributed by atoms with Crippen molar-refractivity contribution in [2.24, 2.45) is 0 Å². The third-order valence-electron chi connectivity index (χ3n) is 5.57. The third kappa shape index (κ3) is 4.50. The smallest absolute Gasteiger partial charge is 0.255 e. The van der Waals surface area contributed by atoms with Crippen molar-refractivity contribution in [3.8, 4) is 16.9 Å². The van der Waals surface area contributed by atoms with Crippen molar-refractivity contribution in [1.82, 2.24) is 20.0 Å². The molecule has 2 aromatic carbocycles. The normalized spacial score (nSPS) is 12.2. The van der Waals surface area contributed by atoms with Crippen LogP contribution in [0.3, 0.4) is 0 Å². The number of rotatable bonds is 7. The van der Waals surface area contributed by atoms with E-state index in [9.17, 15) is 4.79 Å². The molecule has 0 spiro atoms. The number of amides is 1. The van der Waals surface area contributed by atoms with E-state index in [-0.39, 0.29) is 11.9 Å². The molecule has 1 N–H and O–H groups in total. The summed E-state index contributed by atoms with van der Waals surface area (Å²) in [7, 11) is 3.93. The highest BCUT2D eigenvalue weighted by molar-refractivity contribution is 6.00. The first-order valence-corrected chi connectivity index (χ1v) is 10.6. The summed E-state index contributed by atoms with van der Waals surface area (Å²) in [4.78, 5) is 15.4. The van der Waals surface area contributed by atoms with E-state index >= 15 is 0 Å². The van der Waals surface area contributed by atoms with Crippen molar-refractivity contribution < 1.29 is 9.21 Å². The molecule has 0 radical (unpaired) electrons. The van der Waals surface area contributed by atoms with Crippen LogP contribution in [0.4, 0.5) is 0 Å². The lowest BCUT2D eigenvalue weighted by Gasteiger charge is -2.22. The number of para-hydroxylation sites is 1. The van der Waals surface area contributed by atoms with Gasteiger partial charge in [-0.25, -0.2) is 4.68 Å². The first kappa shape index (κ1) is 21.6. The monoisotopic (exact) mass is 428 g/mol. The predicted molar refractivity (Wildman–Crippen MR) is 126 cm³/mol. The lowest BCUT2D eigenvalue weighted by Crippen LogP contribution is -2.34. The van der Waals surface area contributed by atoms with Crippen LogP contribution in [0.1, 0.15) is 33.3 Å². The van der Waals surface area contributed by atoms with Gasteiger partial charge in [0, 0.05) is 18.3 Å². The van der Waals surface area contributed by atoms with Crippen molar-refractivity contribution in [3.63, 3.8) is 0 Å². The van der Waals surface area contributed by atoms with Crippen LogP contribution in [-0.2, 0) is 0 Å². The Bertz CT molecular complexity index is 1190. The highest BCUT2D eigenvalue weighted by Gasteiger charge is 2.23. The number of aryl methyl sites for hydroxylation is 2. The predicted octanol–water partition coefficient (Wildman–Crippen LogP) is 4.78. The molecule has 0 fully saturated rings. The number of carbonyl (C=O) groups is 1. The largest absolute Gasteiger partial charge is 0.468 e. The molecule has 4 rings (SSSR count). The second-order valence-electron chi connectivity index (χ2n) is 8.19. The van der Waals surface area contributed by atoms with Gasteiger partial charge < -0.3 is 9.73 Å². The van der Waals surface area contributed by atoms with Crippen LogP contribution in [0.2, 0.25) is 0 Å². The van der Waals surface area contributed by atoms with Crippen molar-refractivity contribution >= 4 is 5.91 Å². The van der Waals surface area contributed by atoms with Crippen LogP contribution in [-0.4, -0.2) is 41.2 Å². The Hall–Kier alpha value is -3.64. The molecule has 1 unspecified atom stereocenters. The van der Waals surface area contributed by atoms with Crippen LogP contribution in [0.15, 0.2) is 77.5 Å². The Kier molecular flexibility index (Phi) is 6.23. The summed E-state index contributed by atoms with van der Waals surface area (Å²) in [6.07, 6.45) is 3.45. The Balaban J connectivity index is 1.68. The van der Waals surface area contributed by atoms with E-state index in [2.05, 4.69) is 18.3 Å². The van der Waals surface area contributed by atoms with E-state index in [1.54, 1.807) is 17.1 Å². The molecule has 1 amide bonds. The summed E-state index contributed by atoms with van der Waals surface area (Å²) in [5.74, 6) is 0.644. The summed E-state index contributed by atoms with van der Waals surface area (Å²) in [6, 6.07) is 19.7. The number of hydrogen-bond acceptors (Lipinski definition) is 4. The zero-order chi connectivity index (χ0) is 22.7. The highest BCUT2D eigenvalue weighted by Crippen LogP contribution is 2.28. The number of nitrogens with one attached hydrogen (secondary N) is 1. The fourth-order valence-electron chi connectivity index (χ4n) is 3.83. The minimum absolute atomic E-state index is 0.0670. The van der Waals surface area contributed by atoms with Crippen molar-refractivity contribution in [2.45, 2.75) is 19.9 Å². The number of hydrogen-bond donors (Lipinski definition) is 1. The standard InChI is InChI=1S/C26H28N4O2/c1-18-12-13-21(19(2)15-18)25-22(17-30(28-25)20-9-6-5-7-10-20)26(31)27-16-23(29(3)4)24-11-8-14-32-24/h5-15,17,23H,16H2,1-4H3,(H,27,31). The number of likely N-dealkylation sites (N-methyl/N-ethyl adjacent to an activating group) is 1. The van der Waals surface area contributed by atoms with E-state index in [0.29, 0.717) is 17.8 Å². The third-order valence-corrected chi connectivity index (χ3v) is 5.57. The minimum atomic E-state index is -0.166. The maximum Gasteiger partial charge on any atom is 0.255 e. The highest BCUT2D eigenvalue weighted by atomic mass is 16.3. The molecule has 0 bridgehead atoms. The Morgan fingerprint density at radius 3 is 2.53 bits per heavy atom. The second-order valence-corrected chi connectivity index (χ2v) is 8.19. The van der Waals surface area contributed by atoms with Gasteiger partial charge in [-0.05, 0) is 57.8 Å². The number of furan rings is 1. The van der Waals surface area contributed by atoms with Gasteiger partial charge in [0.1, 0.15) is 11.5 Å². The van der Waals surface area contributed by atoms with Gasteiger partial charge in [0.05, 0.1) is 23.6 Å². The molecule has 4 aromatic rings. The Morgan fingerprint density at radius 2 is 1.88 bits per heavy atom. The molecule has 32 heavy (non-hydrogen) atoms. The van der Waals surface area contributed by atoms with Gasteiger partial charge in [-0.3, -0.25) is 9.69 Å². The van der Waals surface area contributed by atoms with Gasteiger partial charge >= 0.3 is 0 Å². The number of carbonyl (C=O) groups excluding carboxylic acids is 1. The van der Waals surface area contributed by atoms with Crippen LogP contribution in [0.5, 0.6) is 0 Å². The van der Waals surface area contributed by atoms with Gasteiger partial charge in [0.25, 0.3) is 5.91 Å². The first-order chi connectivity index (χ1) is 15.4. The van der Waals surface area contributed by atoms with Crippen LogP contribution < -0.4 is 5.32 Å². The van der Waals surface area contributed by atoms with Crippen molar-refractivity contribution in [3.05, 3.63) is 95.6 Å². The average Bonchev–Trinajstić information content (AvgIpc) is 3.45. The lowest BCUT2D eigenvalue weighted by molar-refractivity contribution is 0.0939. The molecule has 6 heteroatoms. The summed E-state index contributed by atoms with van der Waals surface area (Å²) in [5.41, 5.74) is 5.32. The molecule has 6 nitrogen and oxygen atoms in total.